The highest BCUT2D eigenvalue weighted by Crippen LogP contribution is 2.25. The van der Waals surface area contributed by atoms with Crippen molar-refractivity contribution in [1.82, 2.24) is 9.97 Å². The summed E-state index contributed by atoms with van der Waals surface area (Å²) in [7, 11) is 0. The molecule has 1 aromatic heterocycles. The molecular formula is C14H16ClFN4. The Morgan fingerprint density at radius 3 is 2.65 bits per heavy atom. The molecule has 0 saturated heterocycles. The van der Waals surface area contributed by atoms with E-state index in [9.17, 15) is 4.39 Å². The van der Waals surface area contributed by atoms with Crippen LogP contribution in [-0.2, 0) is 0 Å². The van der Waals surface area contributed by atoms with Gasteiger partial charge >= 0.3 is 0 Å². The zero-order valence-corrected chi connectivity index (χ0v) is 12.1. The molecular weight excluding hydrogens is 279 g/mol. The minimum Gasteiger partial charge on any atom is -0.370 e. The van der Waals surface area contributed by atoms with Crippen LogP contribution in [0, 0.1) is 12.7 Å². The van der Waals surface area contributed by atoms with Gasteiger partial charge in [-0.3, -0.25) is 0 Å². The average Bonchev–Trinajstić information content (AvgIpc) is 2.38. The van der Waals surface area contributed by atoms with E-state index < -0.39 is 5.82 Å². The van der Waals surface area contributed by atoms with Crippen LogP contribution >= 0.6 is 11.6 Å². The van der Waals surface area contributed by atoms with Gasteiger partial charge in [0.15, 0.2) is 0 Å². The number of hydrogen-bond acceptors (Lipinski definition) is 4. The highest BCUT2D eigenvalue weighted by Gasteiger charge is 2.08. The summed E-state index contributed by atoms with van der Waals surface area (Å²) in [4.78, 5) is 8.36. The molecule has 0 aliphatic carbocycles. The number of hydrogen-bond donors (Lipinski definition) is 2. The largest absolute Gasteiger partial charge is 0.370 e. The molecule has 0 radical (unpaired) electrons. The summed E-state index contributed by atoms with van der Waals surface area (Å²) in [6, 6.07) is 4.27. The lowest BCUT2D eigenvalue weighted by Crippen LogP contribution is -2.07. The van der Waals surface area contributed by atoms with Crippen LogP contribution in [0.2, 0.25) is 5.02 Å². The molecule has 1 heterocycles. The van der Waals surface area contributed by atoms with Gasteiger partial charge in [-0.2, -0.15) is 0 Å². The molecule has 0 fully saturated rings. The molecule has 20 heavy (non-hydrogen) atoms. The van der Waals surface area contributed by atoms with Crippen LogP contribution < -0.4 is 10.6 Å². The van der Waals surface area contributed by atoms with E-state index in [0.29, 0.717) is 16.5 Å². The minimum absolute atomic E-state index is 0.337. The average molecular weight is 295 g/mol. The van der Waals surface area contributed by atoms with Crippen molar-refractivity contribution >= 4 is 28.9 Å². The maximum absolute atomic E-state index is 13.3. The van der Waals surface area contributed by atoms with Crippen LogP contribution in [0.5, 0.6) is 0 Å². The molecule has 0 aliphatic heterocycles. The van der Waals surface area contributed by atoms with E-state index in [1.54, 1.807) is 6.07 Å². The minimum atomic E-state index is -0.393. The number of anilines is 3. The third-order valence-electron chi connectivity index (χ3n) is 2.75. The lowest BCUT2D eigenvalue weighted by molar-refractivity contribution is 0.628. The van der Waals surface area contributed by atoms with Crippen LogP contribution in [0.3, 0.4) is 0 Å². The zero-order valence-electron chi connectivity index (χ0n) is 11.4. The first-order chi connectivity index (χ1) is 9.60. The van der Waals surface area contributed by atoms with Gasteiger partial charge in [-0.25, -0.2) is 14.4 Å². The van der Waals surface area contributed by atoms with Gasteiger partial charge in [-0.15, -0.1) is 0 Å². The lowest BCUT2D eigenvalue weighted by Gasteiger charge is -2.12. The summed E-state index contributed by atoms with van der Waals surface area (Å²) < 4.78 is 13.3. The Morgan fingerprint density at radius 1 is 1.20 bits per heavy atom. The predicted octanol–water partition coefficient (Wildman–Crippen LogP) is 4.14. The zero-order chi connectivity index (χ0) is 14.5. The molecule has 0 atom stereocenters. The fourth-order valence-corrected chi connectivity index (χ4v) is 1.98. The highest BCUT2D eigenvalue weighted by molar-refractivity contribution is 6.30. The topological polar surface area (TPSA) is 49.8 Å². The van der Waals surface area contributed by atoms with E-state index in [1.807, 2.05) is 6.92 Å². The summed E-state index contributed by atoms with van der Waals surface area (Å²) in [5, 5.41) is 6.61. The molecule has 106 valence electrons. The van der Waals surface area contributed by atoms with Gasteiger partial charge in [-0.1, -0.05) is 18.5 Å². The highest BCUT2D eigenvalue weighted by atomic mass is 35.5. The molecule has 0 unspecified atom stereocenters. The summed E-state index contributed by atoms with van der Waals surface area (Å²) in [5.74, 6) is 1.00. The van der Waals surface area contributed by atoms with E-state index in [1.165, 1.54) is 18.5 Å². The van der Waals surface area contributed by atoms with Gasteiger partial charge in [0.2, 0.25) is 0 Å². The fourth-order valence-electron chi connectivity index (χ4n) is 1.76. The van der Waals surface area contributed by atoms with Crippen molar-refractivity contribution in [2.24, 2.45) is 0 Å². The Hall–Kier alpha value is -1.88. The van der Waals surface area contributed by atoms with Crippen molar-refractivity contribution < 1.29 is 4.39 Å². The van der Waals surface area contributed by atoms with Crippen molar-refractivity contribution in [2.75, 3.05) is 17.2 Å². The number of nitrogens with zero attached hydrogens (tertiary/aromatic N) is 2. The van der Waals surface area contributed by atoms with E-state index in [-0.39, 0.29) is 0 Å². The lowest BCUT2D eigenvalue weighted by atomic mass is 10.2. The van der Waals surface area contributed by atoms with Gasteiger partial charge in [0.05, 0.1) is 0 Å². The van der Waals surface area contributed by atoms with E-state index in [0.717, 1.165) is 24.3 Å². The number of nitrogens with one attached hydrogen (secondary N) is 2. The molecule has 2 N–H and O–H groups in total. The van der Waals surface area contributed by atoms with Crippen molar-refractivity contribution in [1.29, 1.82) is 0 Å². The summed E-state index contributed by atoms with van der Waals surface area (Å²) >= 11 is 5.83. The monoisotopic (exact) mass is 294 g/mol. The van der Waals surface area contributed by atoms with E-state index in [2.05, 4.69) is 27.5 Å². The van der Waals surface area contributed by atoms with Crippen molar-refractivity contribution in [2.45, 2.75) is 20.3 Å². The first-order valence-corrected chi connectivity index (χ1v) is 6.76. The first kappa shape index (κ1) is 14.5. The summed E-state index contributed by atoms with van der Waals surface area (Å²) in [6.45, 7) is 4.82. The molecule has 0 amide bonds. The van der Waals surface area contributed by atoms with Crippen LogP contribution in [0.15, 0.2) is 24.5 Å². The molecule has 0 saturated carbocycles. The Balaban J connectivity index is 2.24. The number of aromatic nitrogens is 2. The van der Waals surface area contributed by atoms with Crippen molar-refractivity contribution in [3.05, 3.63) is 40.9 Å². The maximum atomic E-state index is 13.3. The summed E-state index contributed by atoms with van der Waals surface area (Å²) in [6.07, 6.45) is 2.47. The molecule has 4 nitrogen and oxygen atoms in total. The molecule has 2 aromatic rings. The second-order valence-corrected chi connectivity index (χ2v) is 4.84. The van der Waals surface area contributed by atoms with Gasteiger partial charge in [0, 0.05) is 22.8 Å². The Kier molecular flexibility index (Phi) is 4.74. The number of rotatable bonds is 5. The van der Waals surface area contributed by atoms with Gasteiger partial charge in [0.25, 0.3) is 0 Å². The predicted molar refractivity (Wildman–Crippen MR) is 80.2 cm³/mol. The second-order valence-electron chi connectivity index (χ2n) is 4.41. The number of benzene rings is 1. The molecule has 2 rings (SSSR count). The second kappa shape index (κ2) is 6.52. The first-order valence-electron chi connectivity index (χ1n) is 6.38. The third kappa shape index (κ3) is 3.57. The smallest absolute Gasteiger partial charge is 0.138 e. The molecule has 0 bridgehead atoms. The molecule has 0 spiro atoms. The van der Waals surface area contributed by atoms with Crippen LogP contribution in [-0.4, -0.2) is 16.5 Å². The van der Waals surface area contributed by atoms with Gasteiger partial charge < -0.3 is 10.6 Å². The molecule has 6 heteroatoms. The van der Waals surface area contributed by atoms with Crippen LogP contribution in [0.4, 0.5) is 21.7 Å². The van der Waals surface area contributed by atoms with Crippen molar-refractivity contribution in [3.8, 4) is 0 Å². The molecule has 0 aliphatic rings. The maximum Gasteiger partial charge on any atom is 0.138 e. The molecule has 1 aromatic carbocycles. The van der Waals surface area contributed by atoms with E-state index in [4.69, 9.17) is 11.6 Å². The third-order valence-corrected chi connectivity index (χ3v) is 2.97. The number of halogens is 2. The normalized spacial score (nSPS) is 10.4. The van der Waals surface area contributed by atoms with Gasteiger partial charge in [0.1, 0.15) is 23.8 Å². The van der Waals surface area contributed by atoms with Crippen LogP contribution in [0.1, 0.15) is 18.9 Å². The van der Waals surface area contributed by atoms with Crippen molar-refractivity contribution in [3.63, 3.8) is 0 Å². The standard InChI is InChI=1S/C14H16ClFN4/c1-3-4-17-13-9(2)14(19-8-18-13)20-12-6-10(15)5-11(16)7-12/h5-8H,3-4H2,1-2H3,(H2,17,18,19,20). The van der Waals surface area contributed by atoms with Gasteiger partial charge in [-0.05, 0) is 31.5 Å². The Bertz CT molecular complexity index is 583. The summed E-state index contributed by atoms with van der Waals surface area (Å²) in [5.41, 5.74) is 1.43. The fraction of sp³-hybridized carbons (Fsp3) is 0.286. The Morgan fingerprint density at radius 2 is 1.95 bits per heavy atom. The van der Waals surface area contributed by atoms with E-state index >= 15 is 0 Å². The quantitative estimate of drug-likeness (QED) is 0.870. The van der Waals surface area contributed by atoms with Crippen LogP contribution in [0.25, 0.3) is 0 Å². The SMILES string of the molecule is CCCNc1ncnc(Nc2cc(F)cc(Cl)c2)c1C. The Labute approximate surface area is 122 Å².